The molecular weight excluding hydrogens is 304 g/mol. The summed E-state index contributed by atoms with van der Waals surface area (Å²) in [7, 11) is -3.36. The fourth-order valence-electron chi connectivity index (χ4n) is 2.86. The molecule has 0 bridgehead atoms. The Kier molecular flexibility index (Phi) is 5.82. The van der Waals surface area contributed by atoms with Gasteiger partial charge in [-0.15, -0.1) is 11.3 Å². The lowest BCUT2D eigenvalue weighted by atomic mass is 9.99. The average Bonchev–Trinajstić information content (AvgIpc) is 2.87. The summed E-state index contributed by atoms with van der Waals surface area (Å²) >= 11 is 1.33. The van der Waals surface area contributed by atoms with Gasteiger partial charge in [0.2, 0.25) is 10.0 Å². The Labute approximate surface area is 132 Å². The molecule has 0 amide bonds. The zero-order valence-electron chi connectivity index (χ0n) is 13.1. The molecule has 21 heavy (non-hydrogen) atoms. The number of aryl methyl sites for hydroxylation is 1. The largest absolute Gasteiger partial charge is 0.299 e. The Balaban J connectivity index is 2.01. The van der Waals surface area contributed by atoms with Gasteiger partial charge in [-0.25, -0.2) is 13.1 Å². The summed E-state index contributed by atoms with van der Waals surface area (Å²) in [6.07, 6.45) is 3.74. The third-order valence-electron chi connectivity index (χ3n) is 4.09. The second-order valence-corrected chi connectivity index (χ2v) is 9.41. The van der Waals surface area contributed by atoms with Crippen LogP contribution < -0.4 is 4.72 Å². The van der Waals surface area contributed by atoms with Crippen molar-refractivity contribution in [2.45, 2.75) is 50.3 Å². The van der Waals surface area contributed by atoms with E-state index in [1.165, 1.54) is 30.6 Å². The van der Waals surface area contributed by atoms with Crippen molar-refractivity contribution in [3.8, 4) is 0 Å². The van der Waals surface area contributed by atoms with Crippen LogP contribution >= 0.6 is 11.3 Å². The molecule has 1 N–H and O–H groups in total. The molecule has 1 aliphatic rings. The number of nitrogens with one attached hydrogen (secondary N) is 1. The molecule has 6 heteroatoms. The topological polar surface area (TPSA) is 49.4 Å². The zero-order valence-corrected chi connectivity index (χ0v) is 14.8. The van der Waals surface area contributed by atoms with Crippen LogP contribution in [-0.4, -0.2) is 39.0 Å². The number of hydrogen-bond acceptors (Lipinski definition) is 4. The highest BCUT2D eigenvalue weighted by molar-refractivity contribution is 7.91. The first-order chi connectivity index (χ1) is 9.90. The highest BCUT2D eigenvalue weighted by Crippen LogP contribution is 2.21. The van der Waals surface area contributed by atoms with Crippen molar-refractivity contribution in [2.24, 2.45) is 5.92 Å². The average molecular weight is 331 g/mol. The molecule has 0 aromatic carbocycles. The van der Waals surface area contributed by atoms with Crippen LogP contribution in [0.2, 0.25) is 0 Å². The Morgan fingerprint density at radius 2 is 1.90 bits per heavy atom. The maximum Gasteiger partial charge on any atom is 0.250 e. The van der Waals surface area contributed by atoms with Crippen molar-refractivity contribution in [3.05, 3.63) is 17.0 Å². The van der Waals surface area contributed by atoms with Gasteiger partial charge in [-0.05, 0) is 50.9 Å². The van der Waals surface area contributed by atoms with E-state index < -0.39 is 10.0 Å². The van der Waals surface area contributed by atoms with Gasteiger partial charge in [0.15, 0.2) is 0 Å². The number of nitrogens with zero attached hydrogens (tertiary/aromatic N) is 1. The van der Waals surface area contributed by atoms with Gasteiger partial charge in [-0.3, -0.25) is 4.90 Å². The van der Waals surface area contributed by atoms with Crippen molar-refractivity contribution < 1.29 is 8.42 Å². The molecule has 1 aromatic heterocycles. The molecule has 1 fully saturated rings. The quantitative estimate of drug-likeness (QED) is 0.872. The van der Waals surface area contributed by atoms with Crippen LogP contribution in [0.1, 0.15) is 38.0 Å². The number of thiophene rings is 1. The van der Waals surface area contributed by atoms with Crippen LogP contribution in [0.25, 0.3) is 0 Å². The van der Waals surface area contributed by atoms with Crippen LogP contribution in [0.5, 0.6) is 0 Å². The minimum Gasteiger partial charge on any atom is -0.299 e. The van der Waals surface area contributed by atoms with Crippen LogP contribution in [0.15, 0.2) is 16.3 Å². The molecule has 1 unspecified atom stereocenters. The predicted molar refractivity (Wildman–Crippen MR) is 88.3 cm³/mol. The third kappa shape index (κ3) is 4.52. The lowest BCUT2D eigenvalue weighted by molar-refractivity contribution is 0.130. The third-order valence-corrected chi connectivity index (χ3v) is 7.01. The minimum absolute atomic E-state index is 0.279. The van der Waals surface area contributed by atoms with Gasteiger partial charge in [-0.1, -0.05) is 20.3 Å². The molecule has 4 nitrogen and oxygen atoms in total. The molecule has 0 spiro atoms. The summed E-state index contributed by atoms with van der Waals surface area (Å²) in [5.74, 6) is 0.441. The fourth-order valence-corrected chi connectivity index (χ4v) is 5.24. The van der Waals surface area contributed by atoms with Crippen molar-refractivity contribution >= 4 is 21.4 Å². The lowest BCUT2D eigenvalue weighted by Gasteiger charge is -2.37. The number of rotatable bonds is 6. The van der Waals surface area contributed by atoms with E-state index in [1.807, 2.05) is 13.0 Å². The SMILES string of the molecule is Cc1ccc(S(=O)(=O)NCC(C(C)C)N2CCCCC2)s1. The van der Waals surface area contributed by atoms with Crippen molar-refractivity contribution in [3.63, 3.8) is 0 Å². The summed E-state index contributed by atoms with van der Waals surface area (Å²) in [5.41, 5.74) is 0. The van der Waals surface area contributed by atoms with Crippen molar-refractivity contribution in [2.75, 3.05) is 19.6 Å². The van der Waals surface area contributed by atoms with Gasteiger partial charge in [0.1, 0.15) is 4.21 Å². The summed E-state index contributed by atoms with van der Waals surface area (Å²) in [5, 5.41) is 0. The smallest absolute Gasteiger partial charge is 0.250 e. The predicted octanol–water partition coefficient (Wildman–Crippen LogP) is 2.85. The molecule has 0 saturated carbocycles. The zero-order chi connectivity index (χ0) is 15.5. The first-order valence-corrected chi connectivity index (χ1v) is 10.0. The second-order valence-electron chi connectivity index (χ2n) is 6.12. The maximum absolute atomic E-state index is 12.3. The van der Waals surface area contributed by atoms with Crippen LogP contribution in [0.4, 0.5) is 0 Å². The molecule has 1 atom stereocenters. The maximum atomic E-state index is 12.3. The van der Waals surface area contributed by atoms with Gasteiger partial charge in [0.25, 0.3) is 0 Å². The van der Waals surface area contributed by atoms with Gasteiger partial charge >= 0.3 is 0 Å². The number of hydrogen-bond donors (Lipinski definition) is 1. The van der Waals surface area contributed by atoms with Crippen LogP contribution in [0, 0.1) is 12.8 Å². The monoisotopic (exact) mass is 330 g/mol. The first kappa shape index (κ1) is 16.9. The van der Waals surface area contributed by atoms with Crippen molar-refractivity contribution in [1.29, 1.82) is 0 Å². The highest BCUT2D eigenvalue weighted by Gasteiger charge is 2.26. The molecule has 1 saturated heterocycles. The molecule has 2 rings (SSSR count). The van der Waals surface area contributed by atoms with E-state index in [1.54, 1.807) is 6.07 Å². The summed E-state index contributed by atoms with van der Waals surface area (Å²) in [6, 6.07) is 3.82. The van der Waals surface area contributed by atoms with Gasteiger partial charge in [-0.2, -0.15) is 0 Å². The molecular formula is C15H26N2O2S2. The number of likely N-dealkylation sites (tertiary alicyclic amines) is 1. The summed E-state index contributed by atoms with van der Waals surface area (Å²) in [4.78, 5) is 3.46. The van der Waals surface area contributed by atoms with Crippen molar-refractivity contribution in [1.82, 2.24) is 9.62 Å². The van der Waals surface area contributed by atoms with Gasteiger partial charge in [0.05, 0.1) is 0 Å². The van der Waals surface area contributed by atoms with E-state index in [0.29, 0.717) is 16.7 Å². The Hall–Kier alpha value is -0.430. The fraction of sp³-hybridized carbons (Fsp3) is 0.733. The van der Waals surface area contributed by atoms with E-state index in [0.717, 1.165) is 18.0 Å². The summed E-state index contributed by atoms with van der Waals surface area (Å²) in [6.45, 7) is 8.93. The molecule has 120 valence electrons. The second kappa shape index (κ2) is 7.22. The molecule has 2 heterocycles. The van der Waals surface area contributed by atoms with E-state index in [4.69, 9.17) is 0 Å². The minimum atomic E-state index is -3.36. The van der Waals surface area contributed by atoms with Crippen LogP contribution in [-0.2, 0) is 10.0 Å². The first-order valence-electron chi connectivity index (χ1n) is 7.70. The molecule has 0 radical (unpaired) electrons. The highest BCUT2D eigenvalue weighted by atomic mass is 32.2. The summed E-state index contributed by atoms with van der Waals surface area (Å²) < 4.78 is 27.9. The lowest BCUT2D eigenvalue weighted by Crippen LogP contribution is -2.48. The van der Waals surface area contributed by atoms with E-state index in [9.17, 15) is 8.42 Å². The van der Waals surface area contributed by atoms with Gasteiger partial charge in [0, 0.05) is 17.5 Å². The number of sulfonamides is 1. The van der Waals surface area contributed by atoms with E-state index in [-0.39, 0.29) is 6.04 Å². The Bertz CT molecular complexity index is 546. The Morgan fingerprint density at radius 3 is 2.43 bits per heavy atom. The molecule has 1 aromatic rings. The standard InChI is InChI=1S/C15H26N2O2S2/c1-12(2)14(17-9-5-4-6-10-17)11-16-21(18,19)15-8-7-13(3)20-15/h7-8,12,14,16H,4-6,9-11H2,1-3H3. The number of piperidine rings is 1. The van der Waals surface area contributed by atoms with E-state index >= 15 is 0 Å². The van der Waals surface area contributed by atoms with Crippen LogP contribution in [0.3, 0.4) is 0 Å². The van der Waals surface area contributed by atoms with Gasteiger partial charge < -0.3 is 0 Å². The van der Waals surface area contributed by atoms with E-state index in [2.05, 4.69) is 23.5 Å². The molecule has 0 aliphatic carbocycles. The molecule has 1 aliphatic heterocycles. The normalized spacial score (nSPS) is 19.0. The Morgan fingerprint density at radius 1 is 1.24 bits per heavy atom.